The van der Waals surface area contributed by atoms with Crippen molar-refractivity contribution in [2.45, 2.75) is 6.42 Å². The second-order valence-electron chi connectivity index (χ2n) is 9.42. The Labute approximate surface area is 218 Å². The SMILES string of the molecule is O=C(Nc1cccc2[nH]c3c(N4CCN(CCc5ccc(F)c(F)c5)CC4)ncnc3c12)c1ccccc1. The van der Waals surface area contributed by atoms with Gasteiger partial charge >= 0.3 is 0 Å². The van der Waals surface area contributed by atoms with Gasteiger partial charge in [0.15, 0.2) is 17.5 Å². The van der Waals surface area contributed by atoms with Crippen LogP contribution in [0.1, 0.15) is 15.9 Å². The molecule has 0 atom stereocenters. The van der Waals surface area contributed by atoms with E-state index in [4.69, 9.17) is 0 Å². The predicted octanol–water partition coefficient (Wildman–Crippen LogP) is 5.01. The molecule has 2 aromatic heterocycles. The molecule has 0 spiro atoms. The molecule has 2 N–H and O–H groups in total. The van der Waals surface area contributed by atoms with Crippen LogP contribution in [0.2, 0.25) is 0 Å². The summed E-state index contributed by atoms with van der Waals surface area (Å²) in [4.78, 5) is 30.0. The lowest BCUT2D eigenvalue weighted by molar-refractivity contribution is 0.102. The van der Waals surface area contributed by atoms with Gasteiger partial charge in [-0.15, -0.1) is 0 Å². The maximum atomic E-state index is 13.5. The molecule has 0 saturated carbocycles. The number of rotatable bonds is 6. The van der Waals surface area contributed by atoms with E-state index in [1.807, 2.05) is 36.4 Å². The van der Waals surface area contributed by atoms with Gasteiger partial charge in [0.25, 0.3) is 5.91 Å². The van der Waals surface area contributed by atoms with Crippen molar-refractivity contribution < 1.29 is 13.6 Å². The van der Waals surface area contributed by atoms with E-state index in [1.165, 1.54) is 12.1 Å². The number of nitrogens with one attached hydrogen (secondary N) is 2. The topological polar surface area (TPSA) is 77.2 Å². The molecule has 192 valence electrons. The van der Waals surface area contributed by atoms with Crippen LogP contribution in [0.25, 0.3) is 21.9 Å². The van der Waals surface area contributed by atoms with Gasteiger partial charge in [0.05, 0.1) is 11.2 Å². The Morgan fingerprint density at radius 2 is 1.74 bits per heavy atom. The van der Waals surface area contributed by atoms with Gasteiger partial charge in [-0.2, -0.15) is 0 Å². The number of hydrogen-bond donors (Lipinski definition) is 2. The molecule has 7 nitrogen and oxygen atoms in total. The Hall–Kier alpha value is -4.37. The third-order valence-electron chi connectivity index (χ3n) is 7.04. The first kappa shape index (κ1) is 24.0. The number of halogens is 2. The number of benzene rings is 3. The number of anilines is 2. The van der Waals surface area contributed by atoms with Gasteiger partial charge in [0.2, 0.25) is 0 Å². The Bertz CT molecular complexity index is 1610. The molecule has 0 bridgehead atoms. The molecular formula is C29H26F2N6O. The van der Waals surface area contributed by atoms with Crippen LogP contribution in [0.15, 0.2) is 73.1 Å². The summed E-state index contributed by atoms with van der Waals surface area (Å²) in [7, 11) is 0. The fourth-order valence-corrected chi connectivity index (χ4v) is 5.02. The standard InChI is InChI=1S/C29H26F2N6O/c30-21-10-9-19(17-22(21)31)11-12-36-13-15-37(16-14-36)28-27-26(32-18-33-28)25-23(34-27)7-4-8-24(25)35-29(38)20-5-2-1-3-6-20/h1-10,17-18,34H,11-16H2,(H,35,38). The number of piperazine rings is 1. The molecule has 0 unspecified atom stereocenters. The molecule has 0 aliphatic carbocycles. The predicted molar refractivity (Wildman–Crippen MR) is 145 cm³/mol. The molecule has 1 fully saturated rings. The van der Waals surface area contributed by atoms with E-state index in [0.717, 1.165) is 66.0 Å². The van der Waals surface area contributed by atoms with Crippen LogP contribution in [-0.4, -0.2) is 58.5 Å². The molecule has 38 heavy (non-hydrogen) atoms. The van der Waals surface area contributed by atoms with E-state index in [2.05, 4.69) is 30.1 Å². The minimum atomic E-state index is -0.818. The number of nitrogens with zero attached hydrogens (tertiary/aromatic N) is 4. The van der Waals surface area contributed by atoms with Crippen molar-refractivity contribution in [3.63, 3.8) is 0 Å². The molecule has 9 heteroatoms. The lowest BCUT2D eigenvalue weighted by atomic mass is 10.1. The summed E-state index contributed by atoms with van der Waals surface area (Å²) in [5, 5.41) is 3.88. The van der Waals surface area contributed by atoms with Gasteiger partial charge in [-0.05, 0) is 48.4 Å². The molecule has 3 aromatic carbocycles. The van der Waals surface area contributed by atoms with Crippen LogP contribution in [0.4, 0.5) is 20.3 Å². The Morgan fingerprint density at radius 1 is 0.921 bits per heavy atom. The molecule has 6 rings (SSSR count). The summed E-state index contributed by atoms with van der Waals surface area (Å²) < 4.78 is 26.7. The van der Waals surface area contributed by atoms with Crippen molar-refractivity contribution in [2.75, 3.05) is 42.9 Å². The van der Waals surface area contributed by atoms with Crippen molar-refractivity contribution in [3.05, 3.63) is 95.8 Å². The molecule has 3 heterocycles. The Kier molecular flexibility index (Phi) is 6.43. The number of carbonyl (C=O) groups is 1. The first-order valence-electron chi connectivity index (χ1n) is 12.6. The first-order valence-corrected chi connectivity index (χ1v) is 12.6. The van der Waals surface area contributed by atoms with Crippen LogP contribution in [0.5, 0.6) is 0 Å². The average molecular weight is 513 g/mol. The minimum absolute atomic E-state index is 0.179. The summed E-state index contributed by atoms with van der Waals surface area (Å²) in [6.07, 6.45) is 2.23. The fraction of sp³-hybridized carbons (Fsp3) is 0.207. The quantitative estimate of drug-likeness (QED) is 0.335. The lowest BCUT2D eigenvalue weighted by Gasteiger charge is -2.35. The van der Waals surface area contributed by atoms with Gasteiger partial charge in [-0.25, -0.2) is 18.7 Å². The molecule has 1 saturated heterocycles. The number of fused-ring (bicyclic) bond motifs is 3. The zero-order valence-corrected chi connectivity index (χ0v) is 20.6. The monoisotopic (exact) mass is 512 g/mol. The molecule has 0 radical (unpaired) electrons. The van der Waals surface area contributed by atoms with Crippen molar-refractivity contribution in [1.82, 2.24) is 19.9 Å². The molecule has 1 aliphatic heterocycles. The molecule has 1 amide bonds. The fourth-order valence-electron chi connectivity index (χ4n) is 5.02. The third kappa shape index (κ3) is 4.68. The Morgan fingerprint density at radius 3 is 2.53 bits per heavy atom. The van der Waals surface area contributed by atoms with Crippen LogP contribution < -0.4 is 10.2 Å². The number of H-pyrrole nitrogens is 1. The van der Waals surface area contributed by atoms with Crippen LogP contribution in [0.3, 0.4) is 0 Å². The third-order valence-corrected chi connectivity index (χ3v) is 7.04. The summed E-state index contributed by atoms with van der Waals surface area (Å²) in [6, 6.07) is 19.0. The average Bonchev–Trinajstić information content (AvgIpc) is 3.34. The highest BCUT2D eigenvalue weighted by molar-refractivity contribution is 6.17. The van der Waals surface area contributed by atoms with Gasteiger partial charge in [-0.1, -0.05) is 30.3 Å². The summed E-state index contributed by atoms with van der Waals surface area (Å²) >= 11 is 0. The van der Waals surface area contributed by atoms with Crippen LogP contribution >= 0.6 is 0 Å². The normalized spacial score (nSPS) is 14.3. The van der Waals surface area contributed by atoms with Crippen molar-refractivity contribution >= 4 is 39.3 Å². The van der Waals surface area contributed by atoms with Crippen molar-refractivity contribution in [3.8, 4) is 0 Å². The molecule has 1 aliphatic rings. The number of aromatic nitrogens is 3. The number of aromatic amines is 1. The second kappa shape index (κ2) is 10.2. The number of carbonyl (C=O) groups excluding carboxylic acids is 1. The van der Waals surface area contributed by atoms with Gasteiger partial charge in [0, 0.05) is 43.7 Å². The van der Waals surface area contributed by atoms with Crippen LogP contribution in [-0.2, 0) is 6.42 Å². The van der Waals surface area contributed by atoms with Gasteiger partial charge < -0.3 is 15.2 Å². The smallest absolute Gasteiger partial charge is 0.255 e. The highest BCUT2D eigenvalue weighted by atomic mass is 19.2. The molecule has 5 aromatic rings. The second-order valence-corrected chi connectivity index (χ2v) is 9.42. The maximum absolute atomic E-state index is 13.5. The van der Waals surface area contributed by atoms with Gasteiger partial charge in [0.1, 0.15) is 17.4 Å². The molecular weight excluding hydrogens is 486 g/mol. The maximum Gasteiger partial charge on any atom is 0.255 e. The largest absolute Gasteiger partial charge is 0.352 e. The summed E-state index contributed by atoms with van der Waals surface area (Å²) in [5.74, 6) is -0.976. The van der Waals surface area contributed by atoms with E-state index >= 15 is 0 Å². The number of hydrogen-bond acceptors (Lipinski definition) is 5. The van der Waals surface area contributed by atoms with Crippen molar-refractivity contribution in [2.24, 2.45) is 0 Å². The minimum Gasteiger partial charge on any atom is -0.352 e. The van der Waals surface area contributed by atoms with E-state index in [-0.39, 0.29) is 5.91 Å². The number of amides is 1. The summed E-state index contributed by atoms with van der Waals surface area (Å²) in [6.45, 7) is 3.98. The Balaban J connectivity index is 1.20. The van der Waals surface area contributed by atoms with Crippen LogP contribution in [0, 0.1) is 11.6 Å². The lowest BCUT2D eigenvalue weighted by Crippen LogP contribution is -2.47. The van der Waals surface area contributed by atoms with E-state index < -0.39 is 11.6 Å². The van der Waals surface area contributed by atoms with Crippen molar-refractivity contribution in [1.29, 1.82) is 0 Å². The van der Waals surface area contributed by atoms with E-state index in [9.17, 15) is 13.6 Å². The van der Waals surface area contributed by atoms with Gasteiger partial charge in [-0.3, -0.25) is 9.69 Å². The summed E-state index contributed by atoms with van der Waals surface area (Å²) in [5.41, 5.74) is 4.53. The zero-order chi connectivity index (χ0) is 26.1. The van der Waals surface area contributed by atoms with E-state index in [1.54, 1.807) is 24.5 Å². The highest BCUT2D eigenvalue weighted by Gasteiger charge is 2.22. The van der Waals surface area contributed by atoms with E-state index in [0.29, 0.717) is 17.7 Å². The first-order chi connectivity index (χ1) is 18.6. The zero-order valence-electron chi connectivity index (χ0n) is 20.6. The highest BCUT2D eigenvalue weighted by Crippen LogP contribution is 2.34.